The van der Waals surface area contributed by atoms with Crippen molar-refractivity contribution in [2.45, 2.75) is 19.4 Å². The Kier molecular flexibility index (Phi) is 5.98. The van der Waals surface area contributed by atoms with Crippen LogP contribution in [0.2, 0.25) is 5.02 Å². The first-order valence-corrected chi connectivity index (χ1v) is 8.96. The highest BCUT2D eigenvalue weighted by molar-refractivity contribution is 6.30. The molecule has 0 N–H and O–H groups in total. The fraction of sp³-hybridized carbons (Fsp3) is 0.611. The Bertz CT molecular complexity index is 575. The third kappa shape index (κ3) is 4.21. The number of carbonyl (C=O) groups is 1. The molecule has 5 nitrogen and oxygen atoms in total. The molecule has 2 aliphatic rings. The van der Waals surface area contributed by atoms with E-state index in [1.165, 1.54) is 0 Å². The quantitative estimate of drug-likeness (QED) is 0.834. The maximum Gasteiger partial charge on any atom is 0.227 e. The van der Waals surface area contributed by atoms with Gasteiger partial charge in [0.1, 0.15) is 5.75 Å². The first kappa shape index (κ1) is 17.5. The number of piperidine rings is 1. The summed E-state index contributed by atoms with van der Waals surface area (Å²) in [6.07, 6.45) is 2.02. The van der Waals surface area contributed by atoms with E-state index in [4.69, 9.17) is 21.1 Å². The highest BCUT2D eigenvalue weighted by Crippen LogP contribution is 2.27. The van der Waals surface area contributed by atoms with Crippen LogP contribution >= 0.6 is 11.6 Å². The summed E-state index contributed by atoms with van der Waals surface area (Å²) in [6, 6.07) is 5.69. The number of hydrogen-bond acceptors (Lipinski definition) is 4. The zero-order valence-electron chi connectivity index (χ0n) is 14.2. The number of ether oxygens (including phenoxy) is 2. The third-order valence-corrected chi connectivity index (χ3v) is 5.05. The SMILES string of the molecule is COc1ccc(Cl)cc1CN1CCCC(C(=O)N2CCOCC2)C1. The largest absolute Gasteiger partial charge is 0.496 e. The van der Waals surface area contributed by atoms with Gasteiger partial charge in [0.25, 0.3) is 0 Å². The van der Waals surface area contributed by atoms with Crippen molar-refractivity contribution in [2.24, 2.45) is 5.92 Å². The summed E-state index contributed by atoms with van der Waals surface area (Å²) in [4.78, 5) is 17.0. The lowest BCUT2D eigenvalue weighted by atomic mass is 9.95. The topological polar surface area (TPSA) is 42.0 Å². The van der Waals surface area contributed by atoms with E-state index in [9.17, 15) is 4.79 Å². The number of methoxy groups -OCH3 is 1. The summed E-state index contributed by atoms with van der Waals surface area (Å²) in [6.45, 7) is 5.31. The van der Waals surface area contributed by atoms with Crippen LogP contribution in [0.4, 0.5) is 0 Å². The van der Waals surface area contributed by atoms with Crippen LogP contribution in [0, 0.1) is 5.92 Å². The number of rotatable bonds is 4. The standard InChI is InChI=1S/C18H25ClN2O3/c1-23-17-5-4-16(19)11-15(17)13-20-6-2-3-14(12-20)18(22)21-7-9-24-10-8-21/h4-5,11,14H,2-3,6-10,12-13H2,1H3. The molecule has 0 aliphatic carbocycles. The van der Waals surface area contributed by atoms with Gasteiger partial charge in [0.15, 0.2) is 0 Å². The second kappa shape index (κ2) is 8.19. The lowest BCUT2D eigenvalue weighted by Gasteiger charge is -2.36. The molecule has 0 saturated carbocycles. The lowest BCUT2D eigenvalue weighted by Crippen LogP contribution is -2.48. The van der Waals surface area contributed by atoms with Gasteiger partial charge in [-0.3, -0.25) is 9.69 Å². The van der Waals surface area contributed by atoms with Crippen LogP contribution in [-0.4, -0.2) is 62.2 Å². The molecule has 2 fully saturated rings. The third-order valence-electron chi connectivity index (χ3n) is 4.81. The smallest absolute Gasteiger partial charge is 0.227 e. The molecule has 0 spiro atoms. The molecule has 0 aromatic heterocycles. The van der Waals surface area contributed by atoms with Gasteiger partial charge in [-0.15, -0.1) is 0 Å². The number of amides is 1. The first-order valence-electron chi connectivity index (χ1n) is 8.58. The molecule has 1 aromatic carbocycles. The van der Waals surface area contributed by atoms with Gasteiger partial charge in [0.05, 0.1) is 26.2 Å². The predicted molar refractivity (Wildman–Crippen MR) is 93.4 cm³/mol. The fourth-order valence-corrected chi connectivity index (χ4v) is 3.75. The van der Waals surface area contributed by atoms with Crippen molar-refractivity contribution in [3.63, 3.8) is 0 Å². The van der Waals surface area contributed by atoms with Crippen LogP contribution in [0.1, 0.15) is 18.4 Å². The first-order chi connectivity index (χ1) is 11.7. The molecule has 1 unspecified atom stereocenters. The predicted octanol–water partition coefficient (Wildman–Crippen LogP) is 2.42. The van der Waals surface area contributed by atoms with Crippen molar-refractivity contribution in [1.82, 2.24) is 9.80 Å². The summed E-state index contributed by atoms with van der Waals surface area (Å²) in [7, 11) is 1.67. The van der Waals surface area contributed by atoms with Crippen LogP contribution in [0.25, 0.3) is 0 Å². The molecule has 3 rings (SSSR count). The van der Waals surface area contributed by atoms with Gasteiger partial charge < -0.3 is 14.4 Å². The molecule has 132 valence electrons. The van der Waals surface area contributed by atoms with Crippen molar-refractivity contribution in [2.75, 3.05) is 46.5 Å². The Morgan fingerprint density at radius 3 is 2.88 bits per heavy atom. The number of morpholine rings is 1. The van der Waals surface area contributed by atoms with Crippen LogP contribution in [-0.2, 0) is 16.1 Å². The summed E-state index contributed by atoms with van der Waals surface area (Å²) in [5.74, 6) is 1.21. The molecule has 1 atom stereocenters. The number of nitrogens with zero attached hydrogens (tertiary/aromatic N) is 2. The summed E-state index contributed by atoms with van der Waals surface area (Å²) >= 11 is 6.13. The zero-order valence-corrected chi connectivity index (χ0v) is 14.9. The van der Waals surface area contributed by atoms with Crippen molar-refractivity contribution in [3.8, 4) is 5.75 Å². The van der Waals surface area contributed by atoms with Crippen molar-refractivity contribution < 1.29 is 14.3 Å². The maximum atomic E-state index is 12.7. The fourth-order valence-electron chi connectivity index (χ4n) is 3.55. The van der Waals surface area contributed by atoms with Crippen molar-refractivity contribution in [1.29, 1.82) is 0 Å². The molecular formula is C18H25ClN2O3. The molecule has 1 amide bonds. The molecule has 2 saturated heterocycles. The van der Waals surface area contributed by atoms with Gasteiger partial charge in [-0.25, -0.2) is 0 Å². The molecule has 6 heteroatoms. The monoisotopic (exact) mass is 352 g/mol. The highest BCUT2D eigenvalue weighted by atomic mass is 35.5. The van der Waals surface area contributed by atoms with E-state index in [1.54, 1.807) is 7.11 Å². The lowest BCUT2D eigenvalue weighted by molar-refractivity contribution is -0.141. The molecular weight excluding hydrogens is 328 g/mol. The second-order valence-corrected chi connectivity index (χ2v) is 6.90. The van der Waals surface area contributed by atoms with Gasteiger partial charge in [-0.1, -0.05) is 11.6 Å². The second-order valence-electron chi connectivity index (χ2n) is 6.47. The van der Waals surface area contributed by atoms with Crippen LogP contribution in [0.5, 0.6) is 5.75 Å². The minimum absolute atomic E-state index is 0.0852. The van der Waals surface area contributed by atoms with E-state index in [0.717, 1.165) is 56.9 Å². The maximum absolute atomic E-state index is 12.7. The van der Waals surface area contributed by atoms with Crippen LogP contribution in [0.15, 0.2) is 18.2 Å². The number of benzene rings is 1. The Labute approximate surface area is 148 Å². The van der Waals surface area contributed by atoms with Gasteiger partial charge >= 0.3 is 0 Å². The normalized spacial score (nSPS) is 22.4. The average Bonchev–Trinajstić information content (AvgIpc) is 2.62. The summed E-state index contributed by atoms with van der Waals surface area (Å²) < 4.78 is 10.8. The molecule has 2 heterocycles. The molecule has 1 aromatic rings. The molecule has 24 heavy (non-hydrogen) atoms. The van der Waals surface area contributed by atoms with E-state index < -0.39 is 0 Å². The Morgan fingerprint density at radius 2 is 2.12 bits per heavy atom. The summed E-state index contributed by atoms with van der Waals surface area (Å²) in [5, 5.41) is 0.712. The molecule has 2 aliphatic heterocycles. The van der Waals surface area contributed by atoms with E-state index in [-0.39, 0.29) is 11.8 Å². The Morgan fingerprint density at radius 1 is 1.33 bits per heavy atom. The van der Waals surface area contributed by atoms with Gasteiger partial charge in [0.2, 0.25) is 5.91 Å². The van der Waals surface area contributed by atoms with Gasteiger partial charge in [0, 0.05) is 36.8 Å². The van der Waals surface area contributed by atoms with Crippen molar-refractivity contribution >= 4 is 17.5 Å². The average molecular weight is 353 g/mol. The number of carbonyl (C=O) groups excluding carboxylic acids is 1. The number of likely N-dealkylation sites (tertiary alicyclic amines) is 1. The Balaban J connectivity index is 1.63. The minimum atomic E-state index is 0.0852. The molecule has 0 radical (unpaired) electrons. The number of halogens is 1. The van der Waals surface area contributed by atoms with Crippen LogP contribution in [0.3, 0.4) is 0 Å². The molecule has 0 bridgehead atoms. The van der Waals surface area contributed by atoms with E-state index in [1.807, 2.05) is 23.1 Å². The zero-order chi connectivity index (χ0) is 16.9. The van der Waals surface area contributed by atoms with Crippen LogP contribution < -0.4 is 4.74 Å². The van der Waals surface area contributed by atoms with Gasteiger partial charge in [-0.05, 0) is 37.6 Å². The summed E-state index contributed by atoms with van der Waals surface area (Å²) in [5.41, 5.74) is 1.07. The number of hydrogen-bond donors (Lipinski definition) is 0. The van der Waals surface area contributed by atoms with Gasteiger partial charge in [-0.2, -0.15) is 0 Å². The Hall–Kier alpha value is -1.30. The van der Waals surface area contributed by atoms with E-state index in [0.29, 0.717) is 18.2 Å². The highest BCUT2D eigenvalue weighted by Gasteiger charge is 2.30. The van der Waals surface area contributed by atoms with Crippen molar-refractivity contribution in [3.05, 3.63) is 28.8 Å². The minimum Gasteiger partial charge on any atom is -0.496 e. The van der Waals surface area contributed by atoms with E-state index >= 15 is 0 Å². The van der Waals surface area contributed by atoms with E-state index in [2.05, 4.69) is 4.90 Å².